The first-order valence-electron chi connectivity index (χ1n) is 6.97. The number of imidazole rings is 1. The Labute approximate surface area is 127 Å². The van der Waals surface area contributed by atoms with Gasteiger partial charge in [-0.2, -0.15) is 11.8 Å². The fraction of sp³-hybridized carbons (Fsp3) is 0.615. The number of carbonyl (C=O) groups excluding carboxylic acids is 1. The van der Waals surface area contributed by atoms with Crippen LogP contribution < -0.4 is 5.32 Å². The van der Waals surface area contributed by atoms with Gasteiger partial charge in [-0.3, -0.25) is 4.79 Å². The van der Waals surface area contributed by atoms with E-state index in [1.807, 2.05) is 6.92 Å². The van der Waals surface area contributed by atoms with Gasteiger partial charge in [0.2, 0.25) is 0 Å². The Kier molecular flexibility index (Phi) is 5.49. The van der Waals surface area contributed by atoms with Gasteiger partial charge in [0.1, 0.15) is 5.82 Å². The highest BCUT2D eigenvalue weighted by molar-refractivity contribution is 7.99. The van der Waals surface area contributed by atoms with E-state index in [2.05, 4.69) is 15.3 Å². The Morgan fingerprint density at radius 1 is 1.67 bits per heavy atom. The van der Waals surface area contributed by atoms with Crippen LogP contribution in [0, 0.1) is 0 Å². The van der Waals surface area contributed by atoms with Crippen LogP contribution in [0.2, 0.25) is 0 Å². The van der Waals surface area contributed by atoms with Crippen LogP contribution in [0.15, 0.2) is 12.4 Å². The lowest BCUT2D eigenvalue weighted by Crippen LogP contribution is -2.51. The van der Waals surface area contributed by atoms with Crippen molar-refractivity contribution in [3.8, 4) is 0 Å². The summed E-state index contributed by atoms with van der Waals surface area (Å²) in [5, 5.41) is 11.9. The van der Waals surface area contributed by atoms with Crippen LogP contribution in [0.4, 0.5) is 4.79 Å². The molecule has 2 amide bonds. The Hall–Kier alpha value is -1.70. The lowest BCUT2D eigenvalue weighted by atomic mass is 10.2. The SMILES string of the molecule is CCC(NC(=O)N1CCSCC1CC(=O)O)c1ncc[nH]1. The average molecular weight is 312 g/mol. The standard InChI is InChI=1S/C13H20N4O3S/c1-2-10(12-14-3-4-15-12)16-13(20)17-5-6-21-8-9(17)7-11(18)19/h3-4,9-10H,2,5-8H2,1H3,(H,14,15)(H,16,20)(H,18,19). The fourth-order valence-electron chi connectivity index (χ4n) is 2.36. The molecule has 0 aromatic carbocycles. The van der Waals surface area contributed by atoms with E-state index in [4.69, 9.17) is 5.11 Å². The summed E-state index contributed by atoms with van der Waals surface area (Å²) in [5.41, 5.74) is 0. The normalized spacial score (nSPS) is 20.0. The number of nitrogens with one attached hydrogen (secondary N) is 2. The molecular weight excluding hydrogens is 292 g/mol. The summed E-state index contributed by atoms with van der Waals surface area (Å²) in [6.45, 7) is 2.54. The number of aromatic amines is 1. The number of carbonyl (C=O) groups is 2. The van der Waals surface area contributed by atoms with Gasteiger partial charge in [0.25, 0.3) is 0 Å². The maximum absolute atomic E-state index is 12.4. The maximum Gasteiger partial charge on any atom is 0.318 e. The number of amides is 2. The summed E-state index contributed by atoms with van der Waals surface area (Å²) in [6, 6.07) is -0.660. The van der Waals surface area contributed by atoms with Crippen molar-refractivity contribution >= 4 is 23.8 Å². The molecule has 0 radical (unpaired) electrons. The highest BCUT2D eigenvalue weighted by Crippen LogP contribution is 2.20. The largest absolute Gasteiger partial charge is 0.481 e. The first-order valence-corrected chi connectivity index (χ1v) is 8.13. The highest BCUT2D eigenvalue weighted by atomic mass is 32.2. The molecule has 1 aliphatic heterocycles. The van der Waals surface area contributed by atoms with Crippen molar-refractivity contribution in [1.82, 2.24) is 20.2 Å². The molecule has 2 heterocycles. The van der Waals surface area contributed by atoms with Crippen molar-refractivity contribution in [2.45, 2.75) is 31.8 Å². The van der Waals surface area contributed by atoms with Gasteiger partial charge in [-0.15, -0.1) is 0 Å². The molecule has 0 spiro atoms. The highest BCUT2D eigenvalue weighted by Gasteiger charge is 2.30. The third-order valence-corrected chi connectivity index (χ3v) is 4.55. The first kappa shape index (κ1) is 15.7. The van der Waals surface area contributed by atoms with E-state index in [-0.39, 0.29) is 24.5 Å². The minimum atomic E-state index is -0.877. The number of rotatable bonds is 5. The quantitative estimate of drug-likeness (QED) is 0.764. The van der Waals surface area contributed by atoms with Crippen molar-refractivity contribution in [2.75, 3.05) is 18.1 Å². The third-order valence-electron chi connectivity index (χ3n) is 3.45. The van der Waals surface area contributed by atoms with Crippen LogP contribution in [-0.4, -0.2) is 56.1 Å². The molecule has 1 fully saturated rings. The molecule has 7 nitrogen and oxygen atoms in total. The predicted octanol–water partition coefficient (Wildman–Crippen LogP) is 1.46. The molecule has 1 saturated heterocycles. The predicted molar refractivity (Wildman–Crippen MR) is 80.2 cm³/mol. The molecule has 1 aromatic heterocycles. The van der Waals surface area contributed by atoms with E-state index in [0.717, 1.165) is 5.75 Å². The van der Waals surface area contributed by atoms with Crippen molar-refractivity contribution < 1.29 is 14.7 Å². The van der Waals surface area contributed by atoms with Crippen LogP contribution in [0.1, 0.15) is 31.6 Å². The van der Waals surface area contributed by atoms with Crippen LogP contribution in [0.3, 0.4) is 0 Å². The molecule has 21 heavy (non-hydrogen) atoms. The topological polar surface area (TPSA) is 98.3 Å². The molecule has 0 saturated carbocycles. The minimum Gasteiger partial charge on any atom is -0.481 e. The molecule has 2 unspecified atom stereocenters. The number of thioether (sulfide) groups is 1. The van der Waals surface area contributed by atoms with E-state index < -0.39 is 5.97 Å². The molecule has 116 valence electrons. The van der Waals surface area contributed by atoms with Gasteiger partial charge in [0.15, 0.2) is 0 Å². The van der Waals surface area contributed by atoms with Crippen molar-refractivity contribution in [3.63, 3.8) is 0 Å². The average Bonchev–Trinajstić information content (AvgIpc) is 2.98. The van der Waals surface area contributed by atoms with Crippen LogP contribution in [0.5, 0.6) is 0 Å². The molecule has 0 bridgehead atoms. The zero-order valence-corrected chi connectivity index (χ0v) is 12.7. The lowest BCUT2D eigenvalue weighted by Gasteiger charge is -2.35. The number of hydrogen-bond acceptors (Lipinski definition) is 4. The fourth-order valence-corrected chi connectivity index (χ4v) is 3.42. The third kappa shape index (κ3) is 4.13. The molecule has 2 rings (SSSR count). The zero-order valence-electron chi connectivity index (χ0n) is 11.9. The summed E-state index contributed by atoms with van der Waals surface area (Å²) >= 11 is 1.69. The number of carboxylic acid groups (broad SMARTS) is 1. The van der Waals surface area contributed by atoms with Crippen molar-refractivity contribution in [1.29, 1.82) is 0 Å². The second kappa shape index (κ2) is 7.35. The van der Waals surface area contributed by atoms with Gasteiger partial charge in [0.05, 0.1) is 18.5 Å². The maximum atomic E-state index is 12.4. The Morgan fingerprint density at radius 3 is 3.10 bits per heavy atom. The molecule has 1 aliphatic rings. The number of nitrogens with zero attached hydrogens (tertiary/aromatic N) is 2. The summed E-state index contributed by atoms with van der Waals surface area (Å²) in [7, 11) is 0. The van der Waals surface area contributed by atoms with E-state index in [0.29, 0.717) is 24.5 Å². The number of urea groups is 1. The number of aromatic nitrogens is 2. The minimum absolute atomic E-state index is 0.0159. The number of H-pyrrole nitrogens is 1. The van der Waals surface area contributed by atoms with Gasteiger partial charge in [-0.25, -0.2) is 9.78 Å². The Balaban J connectivity index is 2.01. The molecule has 1 aromatic rings. The van der Waals surface area contributed by atoms with Gasteiger partial charge < -0.3 is 20.3 Å². The second-order valence-corrected chi connectivity index (χ2v) is 6.05. The number of aliphatic carboxylic acids is 1. The van der Waals surface area contributed by atoms with Gasteiger partial charge >= 0.3 is 12.0 Å². The van der Waals surface area contributed by atoms with Crippen LogP contribution in [-0.2, 0) is 4.79 Å². The molecule has 3 N–H and O–H groups in total. The smallest absolute Gasteiger partial charge is 0.318 e. The van der Waals surface area contributed by atoms with E-state index >= 15 is 0 Å². The van der Waals surface area contributed by atoms with E-state index in [1.165, 1.54) is 0 Å². The van der Waals surface area contributed by atoms with Crippen molar-refractivity contribution in [3.05, 3.63) is 18.2 Å². The Bertz CT molecular complexity index is 480. The summed E-state index contributed by atoms with van der Waals surface area (Å²) < 4.78 is 0. The lowest BCUT2D eigenvalue weighted by molar-refractivity contribution is -0.138. The molecule has 0 aliphatic carbocycles. The van der Waals surface area contributed by atoms with E-state index in [9.17, 15) is 9.59 Å². The monoisotopic (exact) mass is 312 g/mol. The summed E-state index contributed by atoms with van der Waals surface area (Å²) in [6.07, 6.45) is 4.06. The van der Waals surface area contributed by atoms with Gasteiger partial charge in [0, 0.05) is 30.4 Å². The van der Waals surface area contributed by atoms with Gasteiger partial charge in [-0.05, 0) is 6.42 Å². The zero-order chi connectivity index (χ0) is 15.2. The summed E-state index contributed by atoms with van der Waals surface area (Å²) in [5.74, 6) is 1.34. The van der Waals surface area contributed by atoms with Crippen molar-refractivity contribution in [2.24, 2.45) is 0 Å². The molecule has 2 atom stereocenters. The van der Waals surface area contributed by atoms with Crippen LogP contribution >= 0.6 is 11.8 Å². The summed E-state index contributed by atoms with van der Waals surface area (Å²) in [4.78, 5) is 32.1. The molecule has 8 heteroatoms. The first-order chi connectivity index (χ1) is 10.1. The number of hydrogen-bond donors (Lipinski definition) is 3. The van der Waals surface area contributed by atoms with Crippen LogP contribution in [0.25, 0.3) is 0 Å². The second-order valence-electron chi connectivity index (χ2n) is 4.90. The van der Waals surface area contributed by atoms with Gasteiger partial charge in [-0.1, -0.05) is 6.92 Å². The Morgan fingerprint density at radius 2 is 2.48 bits per heavy atom. The molecular formula is C13H20N4O3S. The number of carboxylic acids is 1. The van der Waals surface area contributed by atoms with E-state index in [1.54, 1.807) is 29.1 Å².